The molecule has 1 N–H and O–H groups in total. The van der Waals surface area contributed by atoms with Gasteiger partial charge >= 0.3 is 0 Å². The van der Waals surface area contributed by atoms with E-state index in [0.29, 0.717) is 10.8 Å². The molecule has 0 spiro atoms. The highest BCUT2D eigenvalue weighted by atomic mass is 35.5. The maximum Gasteiger partial charge on any atom is 0.295 e. The van der Waals surface area contributed by atoms with E-state index in [1.54, 1.807) is 16.8 Å². The number of carbonyl (C=O) groups is 1. The molecule has 150 valence electrons. The number of anilines is 1. The van der Waals surface area contributed by atoms with Crippen LogP contribution < -0.4 is 5.32 Å². The summed E-state index contributed by atoms with van der Waals surface area (Å²) < 4.78 is 1.70. The summed E-state index contributed by atoms with van der Waals surface area (Å²) in [4.78, 5) is 17.5. The van der Waals surface area contributed by atoms with E-state index in [2.05, 4.69) is 15.4 Å². The van der Waals surface area contributed by atoms with Gasteiger partial charge in [-0.1, -0.05) is 47.5 Å². The van der Waals surface area contributed by atoms with E-state index in [0.717, 1.165) is 33.6 Å². The number of amides is 1. The van der Waals surface area contributed by atoms with Crippen LogP contribution in [0.15, 0.2) is 66.7 Å². The molecule has 6 heteroatoms. The third-order valence-electron chi connectivity index (χ3n) is 4.89. The summed E-state index contributed by atoms with van der Waals surface area (Å²) in [6, 6.07) is 21.0. The summed E-state index contributed by atoms with van der Waals surface area (Å²) in [6.45, 7) is 5.97. The highest BCUT2D eigenvalue weighted by Gasteiger charge is 2.20. The zero-order chi connectivity index (χ0) is 21.3. The van der Waals surface area contributed by atoms with Gasteiger partial charge in [-0.3, -0.25) is 4.79 Å². The summed E-state index contributed by atoms with van der Waals surface area (Å²) in [5.41, 5.74) is 5.57. The molecule has 1 aromatic heterocycles. The van der Waals surface area contributed by atoms with Crippen molar-refractivity contribution in [1.82, 2.24) is 14.8 Å². The second-order valence-corrected chi connectivity index (χ2v) is 7.67. The van der Waals surface area contributed by atoms with Crippen LogP contribution in [0.25, 0.3) is 17.1 Å². The van der Waals surface area contributed by atoms with E-state index in [-0.39, 0.29) is 11.7 Å². The number of hydrogen-bond donors (Lipinski definition) is 1. The maximum absolute atomic E-state index is 12.9. The van der Waals surface area contributed by atoms with Gasteiger partial charge in [0, 0.05) is 16.3 Å². The number of para-hydroxylation sites is 1. The molecule has 30 heavy (non-hydrogen) atoms. The first-order valence-electron chi connectivity index (χ1n) is 9.60. The molecule has 4 aromatic rings. The fourth-order valence-electron chi connectivity index (χ4n) is 3.30. The molecule has 0 radical (unpaired) electrons. The molecular weight excluding hydrogens is 396 g/mol. The number of nitrogens with one attached hydrogen (secondary N) is 1. The van der Waals surface area contributed by atoms with Gasteiger partial charge in [0.1, 0.15) is 0 Å². The van der Waals surface area contributed by atoms with Crippen LogP contribution in [-0.4, -0.2) is 20.7 Å². The van der Waals surface area contributed by atoms with Gasteiger partial charge in [0.2, 0.25) is 5.82 Å². The number of hydrogen-bond acceptors (Lipinski definition) is 3. The molecule has 0 aliphatic heterocycles. The fraction of sp³-hybridized carbons (Fsp3) is 0.125. The molecule has 3 aromatic carbocycles. The Balaban J connectivity index is 1.77. The average molecular weight is 417 g/mol. The van der Waals surface area contributed by atoms with Crippen LogP contribution in [-0.2, 0) is 0 Å². The van der Waals surface area contributed by atoms with Gasteiger partial charge in [-0.25, -0.2) is 9.67 Å². The Labute approximate surface area is 180 Å². The SMILES string of the molecule is Cc1ccc(NC(=O)c2nc(-c3ccc(Cl)cc3)n(-c3ccccc3C)n2)c(C)c1. The third kappa shape index (κ3) is 3.98. The van der Waals surface area contributed by atoms with Crippen LogP contribution in [0.5, 0.6) is 0 Å². The Bertz CT molecular complexity index is 1230. The Kier molecular flexibility index (Phi) is 5.38. The number of nitrogens with zero attached hydrogens (tertiary/aromatic N) is 3. The van der Waals surface area contributed by atoms with Crippen LogP contribution in [0.2, 0.25) is 5.02 Å². The minimum atomic E-state index is -0.357. The monoisotopic (exact) mass is 416 g/mol. The lowest BCUT2D eigenvalue weighted by Crippen LogP contribution is -2.15. The molecule has 1 amide bonds. The van der Waals surface area contributed by atoms with Gasteiger partial charge in [0.05, 0.1) is 5.69 Å². The highest BCUT2D eigenvalue weighted by molar-refractivity contribution is 6.30. The summed E-state index contributed by atoms with van der Waals surface area (Å²) in [6.07, 6.45) is 0. The second kappa shape index (κ2) is 8.13. The third-order valence-corrected chi connectivity index (χ3v) is 5.14. The van der Waals surface area contributed by atoms with Gasteiger partial charge in [-0.05, 0) is 68.3 Å². The van der Waals surface area contributed by atoms with E-state index in [9.17, 15) is 4.79 Å². The topological polar surface area (TPSA) is 59.8 Å². The Morgan fingerprint density at radius 3 is 2.37 bits per heavy atom. The first-order valence-corrected chi connectivity index (χ1v) is 9.98. The predicted molar refractivity (Wildman–Crippen MR) is 120 cm³/mol. The summed E-state index contributed by atoms with van der Waals surface area (Å²) in [5, 5.41) is 8.10. The van der Waals surface area contributed by atoms with Crippen LogP contribution in [0.3, 0.4) is 0 Å². The van der Waals surface area contributed by atoms with Gasteiger partial charge in [-0.2, -0.15) is 0 Å². The Hall–Kier alpha value is -3.44. The van der Waals surface area contributed by atoms with Crippen molar-refractivity contribution in [2.45, 2.75) is 20.8 Å². The molecule has 0 aliphatic rings. The molecule has 1 heterocycles. The van der Waals surface area contributed by atoms with Crippen molar-refractivity contribution in [2.24, 2.45) is 0 Å². The predicted octanol–water partition coefficient (Wildman–Crippen LogP) is 5.77. The van der Waals surface area contributed by atoms with Crippen molar-refractivity contribution < 1.29 is 4.79 Å². The number of benzene rings is 3. The lowest BCUT2D eigenvalue weighted by atomic mass is 10.1. The normalized spacial score (nSPS) is 10.8. The van der Waals surface area contributed by atoms with E-state index in [1.165, 1.54) is 0 Å². The van der Waals surface area contributed by atoms with Crippen molar-refractivity contribution in [3.63, 3.8) is 0 Å². The van der Waals surface area contributed by atoms with Crippen LogP contribution >= 0.6 is 11.6 Å². The van der Waals surface area contributed by atoms with E-state index < -0.39 is 0 Å². The molecule has 0 aliphatic carbocycles. The van der Waals surface area contributed by atoms with Crippen LogP contribution in [0.4, 0.5) is 5.69 Å². The number of rotatable bonds is 4. The highest BCUT2D eigenvalue weighted by Crippen LogP contribution is 2.25. The summed E-state index contributed by atoms with van der Waals surface area (Å²) >= 11 is 6.05. The zero-order valence-corrected chi connectivity index (χ0v) is 17.7. The second-order valence-electron chi connectivity index (χ2n) is 7.24. The van der Waals surface area contributed by atoms with Crippen molar-refractivity contribution in [1.29, 1.82) is 0 Å². The Morgan fingerprint density at radius 2 is 1.67 bits per heavy atom. The summed E-state index contributed by atoms with van der Waals surface area (Å²) in [7, 11) is 0. The largest absolute Gasteiger partial charge is 0.319 e. The van der Waals surface area contributed by atoms with E-state index >= 15 is 0 Å². The van der Waals surface area contributed by atoms with Crippen molar-refractivity contribution in [2.75, 3.05) is 5.32 Å². The molecule has 0 fully saturated rings. The maximum atomic E-state index is 12.9. The molecule has 0 saturated carbocycles. The lowest BCUT2D eigenvalue weighted by Gasteiger charge is -2.09. The summed E-state index contributed by atoms with van der Waals surface area (Å²) in [5.74, 6) is 0.319. The molecule has 0 saturated heterocycles. The van der Waals surface area contributed by atoms with Gasteiger partial charge in [0.25, 0.3) is 5.91 Å². The number of aromatic nitrogens is 3. The van der Waals surface area contributed by atoms with Crippen LogP contribution in [0.1, 0.15) is 27.3 Å². The molecule has 4 rings (SSSR count). The minimum Gasteiger partial charge on any atom is -0.319 e. The van der Waals surface area contributed by atoms with E-state index in [1.807, 2.05) is 75.4 Å². The number of halogens is 1. The van der Waals surface area contributed by atoms with E-state index in [4.69, 9.17) is 11.6 Å². The van der Waals surface area contributed by atoms with Crippen molar-refractivity contribution in [3.05, 3.63) is 94.3 Å². The quantitative estimate of drug-likeness (QED) is 0.459. The smallest absolute Gasteiger partial charge is 0.295 e. The minimum absolute atomic E-state index is 0.100. The molecular formula is C24H21ClN4O. The Morgan fingerprint density at radius 1 is 0.933 bits per heavy atom. The van der Waals surface area contributed by atoms with Crippen LogP contribution in [0, 0.1) is 20.8 Å². The fourth-order valence-corrected chi connectivity index (χ4v) is 3.42. The standard InChI is InChI=1S/C24H21ClN4O/c1-15-8-13-20(17(3)14-15)26-24(30)22-27-23(18-9-11-19(25)12-10-18)29(28-22)21-7-5-4-6-16(21)2/h4-14H,1-3H3,(H,26,30). The first kappa shape index (κ1) is 19.9. The molecule has 0 bridgehead atoms. The van der Waals surface area contributed by atoms with Gasteiger partial charge < -0.3 is 5.32 Å². The molecule has 0 atom stereocenters. The van der Waals surface area contributed by atoms with Crippen molar-refractivity contribution >= 4 is 23.2 Å². The van der Waals surface area contributed by atoms with Crippen molar-refractivity contribution in [3.8, 4) is 17.1 Å². The van der Waals surface area contributed by atoms with Gasteiger partial charge in [0.15, 0.2) is 5.82 Å². The average Bonchev–Trinajstić information content (AvgIpc) is 3.16. The number of carbonyl (C=O) groups excluding carboxylic acids is 1. The van der Waals surface area contributed by atoms with Gasteiger partial charge in [-0.15, -0.1) is 5.10 Å². The first-order chi connectivity index (χ1) is 14.4. The molecule has 5 nitrogen and oxygen atoms in total. The lowest BCUT2D eigenvalue weighted by molar-refractivity contribution is 0.101. The zero-order valence-electron chi connectivity index (χ0n) is 17.0. The molecule has 0 unspecified atom stereocenters. The number of aryl methyl sites for hydroxylation is 3.